The van der Waals surface area contributed by atoms with Crippen molar-refractivity contribution >= 4 is 22.7 Å². The van der Waals surface area contributed by atoms with Gasteiger partial charge in [0.1, 0.15) is 0 Å². The van der Waals surface area contributed by atoms with Crippen molar-refractivity contribution in [2.45, 2.75) is 82.5 Å². The summed E-state index contributed by atoms with van der Waals surface area (Å²) in [4.78, 5) is 5.00. The number of nitrogens with zero attached hydrogens (tertiary/aromatic N) is 2. The Morgan fingerprint density at radius 2 is 0.597 bits per heavy atom. The zero-order valence-corrected chi connectivity index (χ0v) is 45.6. The normalized spacial score (nSPS) is 14.9. The third kappa shape index (κ3) is 7.21. The molecular weight excluding hydrogens is 929 g/mol. The van der Waals surface area contributed by atoms with Gasteiger partial charge in [-0.25, -0.2) is 0 Å². The molecule has 0 aromatic heterocycles. The molecule has 0 atom stereocenters. The highest BCUT2D eigenvalue weighted by Crippen LogP contribution is 2.65. The highest BCUT2D eigenvalue weighted by molar-refractivity contribution is 5.96. The van der Waals surface area contributed by atoms with Crippen LogP contribution in [-0.4, -0.2) is 14.1 Å². The molecule has 2 aliphatic heterocycles. The number of benzene rings is 10. The zero-order valence-electron chi connectivity index (χ0n) is 45.6. The third-order valence-corrected chi connectivity index (χ3v) is 18.0. The molecule has 0 spiro atoms. The first-order valence-electron chi connectivity index (χ1n) is 28.2. The average Bonchev–Trinajstić information content (AvgIpc) is 3.92. The van der Waals surface area contributed by atoms with E-state index in [0.29, 0.717) is 0 Å². The Kier molecular flexibility index (Phi) is 12.0. The summed E-state index contributed by atoms with van der Waals surface area (Å²) in [5, 5.41) is 0. The molecule has 2 heteroatoms. The molecule has 0 unspecified atom stereocenters. The third-order valence-electron chi connectivity index (χ3n) is 18.0. The molecule has 1 aliphatic carbocycles. The number of aryl methyl sites for hydroxylation is 4. The van der Waals surface area contributed by atoms with Crippen LogP contribution in [0.2, 0.25) is 0 Å². The van der Waals surface area contributed by atoms with Gasteiger partial charge in [-0.2, -0.15) is 0 Å². The van der Waals surface area contributed by atoms with Crippen molar-refractivity contribution in [3.8, 4) is 11.1 Å². The lowest BCUT2D eigenvalue weighted by molar-refractivity contribution is 0.718. The number of hydrogen-bond acceptors (Lipinski definition) is 2. The topological polar surface area (TPSA) is 6.48 Å². The van der Waals surface area contributed by atoms with E-state index in [0.717, 1.165) is 12.8 Å². The quantitative estimate of drug-likeness (QED) is 0.120. The Morgan fingerprint density at radius 1 is 0.299 bits per heavy atom. The van der Waals surface area contributed by atoms with Crippen LogP contribution in [0.3, 0.4) is 0 Å². The predicted molar refractivity (Wildman–Crippen MR) is 323 cm³/mol. The largest absolute Gasteiger partial charge is 0.344 e. The molecule has 0 radical (unpaired) electrons. The Balaban J connectivity index is 1.22. The van der Waals surface area contributed by atoms with Gasteiger partial charge in [0.25, 0.3) is 0 Å². The summed E-state index contributed by atoms with van der Waals surface area (Å²) in [5.74, 6) is 0. The van der Waals surface area contributed by atoms with Gasteiger partial charge in [-0.05, 0) is 165 Å². The molecular formula is C75H68N2. The van der Waals surface area contributed by atoms with E-state index in [2.05, 4.69) is 282 Å². The molecule has 10 aromatic rings. The van der Waals surface area contributed by atoms with E-state index in [1.165, 1.54) is 149 Å². The predicted octanol–water partition coefficient (Wildman–Crippen LogP) is 18.3. The van der Waals surface area contributed by atoms with Crippen LogP contribution >= 0.6 is 0 Å². The molecule has 13 rings (SSSR count). The smallest absolute Gasteiger partial charge is 0.0742 e. The van der Waals surface area contributed by atoms with Crippen molar-refractivity contribution in [1.82, 2.24) is 0 Å². The summed E-state index contributed by atoms with van der Waals surface area (Å²) in [5.41, 5.74) is 26.1. The molecule has 77 heavy (non-hydrogen) atoms. The van der Waals surface area contributed by atoms with E-state index < -0.39 is 16.2 Å². The van der Waals surface area contributed by atoms with Crippen molar-refractivity contribution in [2.24, 2.45) is 0 Å². The highest BCUT2D eigenvalue weighted by atomic mass is 15.1. The van der Waals surface area contributed by atoms with Crippen LogP contribution in [0.15, 0.2) is 231 Å². The van der Waals surface area contributed by atoms with Crippen LogP contribution in [0.4, 0.5) is 22.7 Å². The Hall–Kier alpha value is -8.20. The highest BCUT2D eigenvalue weighted by Gasteiger charge is 2.54. The van der Waals surface area contributed by atoms with Gasteiger partial charge in [0.05, 0.1) is 16.2 Å². The van der Waals surface area contributed by atoms with Crippen molar-refractivity contribution in [3.63, 3.8) is 0 Å². The van der Waals surface area contributed by atoms with Gasteiger partial charge in [-0.15, -0.1) is 0 Å². The summed E-state index contributed by atoms with van der Waals surface area (Å²) in [6.45, 7) is 9.08. The van der Waals surface area contributed by atoms with Crippen molar-refractivity contribution in [2.75, 3.05) is 23.9 Å². The van der Waals surface area contributed by atoms with Crippen LogP contribution in [0.5, 0.6) is 0 Å². The fraction of sp³-hybridized carbons (Fsp3) is 0.200. The molecule has 3 aliphatic rings. The molecule has 0 N–H and O–H groups in total. The summed E-state index contributed by atoms with van der Waals surface area (Å²) >= 11 is 0. The van der Waals surface area contributed by atoms with Gasteiger partial charge in [0.15, 0.2) is 0 Å². The Bertz CT molecular complexity index is 3470. The maximum atomic E-state index is 2.65. The number of hydrogen-bond donors (Lipinski definition) is 0. The first kappa shape index (κ1) is 48.4. The second-order valence-corrected chi connectivity index (χ2v) is 22.3. The minimum Gasteiger partial charge on any atom is -0.344 e. The maximum absolute atomic E-state index is 2.65. The summed E-state index contributed by atoms with van der Waals surface area (Å²) in [7, 11) is 4.60. The monoisotopic (exact) mass is 997 g/mol. The number of fused-ring (bicyclic) bond motifs is 7. The number of unbranched alkanes of at least 4 members (excludes halogenated alkanes) is 2. The first-order valence-corrected chi connectivity index (χ1v) is 28.2. The summed E-state index contributed by atoms with van der Waals surface area (Å²) < 4.78 is 0. The van der Waals surface area contributed by atoms with Crippen molar-refractivity contribution in [3.05, 3.63) is 320 Å². The van der Waals surface area contributed by atoms with Crippen LogP contribution in [0.1, 0.15) is 129 Å². The maximum Gasteiger partial charge on any atom is 0.0742 e. The fourth-order valence-corrected chi connectivity index (χ4v) is 14.3. The minimum absolute atomic E-state index is 0.642. The SMILES string of the molecule is CCCCc1ccc(C2(c3ccc(CCCC)cc3)c3cc4c(cc3-c3cc5c(cc32)N(C)c2ccc(C)cc2C5(c2ccccc2)c2ccccc2)C(c2ccccc2)(c2ccccc2)c2cc(C)ccc2N4C)cc1. The summed E-state index contributed by atoms with van der Waals surface area (Å²) in [6.07, 6.45) is 6.81. The molecule has 0 fully saturated rings. The second-order valence-electron chi connectivity index (χ2n) is 22.3. The minimum atomic E-state index is -0.686. The molecule has 0 saturated heterocycles. The van der Waals surface area contributed by atoms with E-state index in [9.17, 15) is 0 Å². The Morgan fingerprint density at radius 3 is 0.922 bits per heavy atom. The zero-order chi connectivity index (χ0) is 52.5. The average molecular weight is 997 g/mol. The van der Waals surface area contributed by atoms with Crippen LogP contribution in [0.25, 0.3) is 11.1 Å². The fourth-order valence-electron chi connectivity index (χ4n) is 14.3. The van der Waals surface area contributed by atoms with Crippen LogP contribution in [-0.2, 0) is 29.1 Å². The molecule has 378 valence electrons. The van der Waals surface area contributed by atoms with Gasteiger partial charge in [0.2, 0.25) is 0 Å². The molecule has 0 bridgehead atoms. The molecule has 2 heterocycles. The second kappa shape index (κ2) is 19.1. The molecule has 0 amide bonds. The first-order chi connectivity index (χ1) is 37.7. The van der Waals surface area contributed by atoms with Crippen LogP contribution in [0, 0.1) is 13.8 Å². The van der Waals surface area contributed by atoms with Crippen molar-refractivity contribution < 1.29 is 0 Å². The molecule has 10 aromatic carbocycles. The van der Waals surface area contributed by atoms with Gasteiger partial charge in [-0.1, -0.05) is 232 Å². The van der Waals surface area contributed by atoms with Gasteiger partial charge >= 0.3 is 0 Å². The van der Waals surface area contributed by atoms with E-state index in [1.54, 1.807) is 0 Å². The van der Waals surface area contributed by atoms with E-state index >= 15 is 0 Å². The standard InChI is InChI=1S/C75H68N2/c1-7-9-23-53-35-39-59(40-36-53)73(60-41-37-54(38-42-60)24-10-8-2)63-49-71-67(74(55-25-15-11-16-26-55,56-27-17-12-18-28-56)65-45-51(3)33-43-69(65)76(71)5)47-61(63)62-48-68-72(50-64(62)73)77(6)70-44-34-52(4)46-66(70)75(68,57-29-19-13-20-30-57)58-31-21-14-22-32-58/h11-22,25-50H,7-10,23-24H2,1-6H3. The molecule has 0 saturated carbocycles. The van der Waals surface area contributed by atoms with Crippen molar-refractivity contribution in [1.29, 1.82) is 0 Å². The number of rotatable bonds is 12. The van der Waals surface area contributed by atoms with Gasteiger partial charge in [0, 0.05) is 36.8 Å². The van der Waals surface area contributed by atoms with Gasteiger partial charge in [-0.3, -0.25) is 0 Å². The summed E-state index contributed by atoms with van der Waals surface area (Å²) in [6, 6.07) is 89.8. The van der Waals surface area contributed by atoms with E-state index in [-0.39, 0.29) is 0 Å². The van der Waals surface area contributed by atoms with Crippen LogP contribution < -0.4 is 9.80 Å². The lowest BCUT2D eigenvalue weighted by Crippen LogP contribution is -2.38. The number of anilines is 4. The van der Waals surface area contributed by atoms with E-state index in [4.69, 9.17) is 0 Å². The lowest BCUT2D eigenvalue weighted by atomic mass is 9.61. The molecule has 2 nitrogen and oxygen atoms in total. The van der Waals surface area contributed by atoms with Gasteiger partial charge < -0.3 is 9.80 Å². The lowest BCUT2D eigenvalue weighted by Gasteiger charge is -2.46. The van der Waals surface area contributed by atoms with E-state index in [1.807, 2.05) is 0 Å². The Labute approximate surface area is 457 Å².